The average Bonchev–Trinajstić information content (AvgIpc) is 2.43. The zero-order valence-corrected chi connectivity index (χ0v) is 8.50. The van der Waals surface area contributed by atoms with Crippen molar-refractivity contribution in [1.29, 1.82) is 0 Å². The maximum atomic E-state index is 11.5. The van der Waals surface area contributed by atoms with Crippen LogP contribution in [-0.4, -0.2) is 15.7 Å². The molecule has 0 unspecified atom stereocenters. The molecule has 3 nitrogen and oxygen atoms in total. The Bertz CT molecular complexity index is 282. The molecule has 1 aromatic heterocycles. The molecule has 0 aliphatic rings. The van der Waals surface area contributed by atoms with Crippen LogP contribution in [0, 0.1) is 13.8 Å². The first-order valence-electron chi connectivity index (χ1n) is 4.71. The Balaban J connectivity index is 2.66. The highest BCUT2D eigenvalue weighted by molar-refractivity contribution is 5.78. The van der Waals surface area contributed by atoms with E-state index in [2.05, 4.69) is 12.0 Å². The zero-order chi connectivity index (χ0) is 9.84. The molecule has 0 aliphatic heterocycles. The Morgan fingerprint density at radius 3 is 2.69 bits per heavy atom. The monoisotopic (exact) mass is 180 g/mol. The summed E-state index contributed by atoms with van der Waals surface area (Å²) >= 11 is 0. The first kappa shape index (κ1) is 9.96. The van der Waals surface area contributed by atoms with Gasteiger partial charge in [-0.2, -0.15) is 5.10 Å². The van der Waals surface area contributed by atoms with Gasteiger partial charge in [0.1, 0.15) is 0 Å². The minimum atomic E-state index is 0.0954. The van der Waals surface area contributed by atoms with Crippen LogP contribution in [0.15, 0.2) is 6.20 Å². The normalized spacial score (nSPS) is 10.4. The average molecular weight is 180 g/mol. The Kier molecular flexibility index (Phi) is 3.23. The van der Waals surface area contributed by atoms with Crippen LogP contribution in [0.5, 0.6) is 0 Å². The Morgan fingerprint density at radius 1 is 1.54 bits per heavy atom. The second-order valence-corrected chi connectivity index (χ2v) is 3.34. The highest BCUT2D eigenvalue weighted by Gasteiger charge is 2.06. The van der Waals surface area contributed by atoms with Gasteiger partial charge in [-0.05, 0) is 25.8 Å². The minimum Gasteiger partial charge on any atom is -0.273 e. The molecule has 0 amide bonds. The fourth-order valence-electron chi connectivity index (χ4n) is 1.12. The lowest BCUT2D eigenvalue weighted by Crippen LogP contribution is -2.10. The van der Waals surface area contributed by atoms with E-state index in [-0.39, 0.29) is 5.91 Å². The van der Waals surface area contributed by atoms with Crippen molar-refractivity contribution < 1.29 is 4.79 Å². The molecule has 0 saturated heterocycles. The zero-order valence-electron chi connectivity index (χ0n) is 8.50. The number of aryl methyl sites for hydroxylation is 2. The third-order valence-electron chi connectivity index (χ3n) is 2.14. The molecule has 0 saturated carbocycles. The quantitative estimate of drug-likeness (QED) is 0.715. The Hall–Kier alpha value is -1.12. The molecule has 0 bridgehead atoms. The number of rotatable bonds is 3. The molecule has 0 atom stereocenters. The lowest BCUT2D eigenvalue weighted by atomic mass is 10.2. The number of carbonyl (C=O) groups is 1. The molecule has 0 spiro atoms. The van der Waals surface area contributed by atoms with Gasteiger partial charge in [-0.3, -0.25) is 4.79 Å². The number of aromatic nitrogens is 2. The van der Waals surface area contributed by atoms with Gasteiger partial charge in [0.2, 0.25) is 5.91 Å². The van der Waals surface area contributed by atoms with E-state index in [0.717, 1.165) is 24.1 Å². The largest absolute Gasteiger partial charge is 0.273 e. The number of hydrogen-bond donors (Lipinski definition) is 0. The number of hydrogen-bond acceptors (Lipinski definition) is 2. The van der Waals surface area contributed by atoms with Crippen LogP contribution in [0.1, 0.15) is 42.2 Å². The van der Waals surface area contributed by atoms with Crippen LogP contribution < -0.4 is 0 Å². The van der Waals surface area contributed by atoms with Crippen molar-refractivity contribution in [2.45, 2.75) is 40.0 Å². The van der Waals surface area contributed by atoms with E-state index < -0.39 is 0 Å². The van der Waals surface area contributed by atoms with E-state index in [9.17, 15) is 4.79 Å². The maximum Gasteiger partial charge on any atom is 0.246 e. The predicted octanol–water partition coefficient (Wildman–Crippen LogP) is 2.33. The predicted molar refractivity (Wildman–Crippen MR) is 51.9 cm³/mol. The molecular formula is C10H16N2O. The van der Waals surface area contributed by atoms with Crippen LogP contribution in [0.2, 0.25) is 0 Å². The molecule has 0 fully saturated rings. The van der Waals surface area contributed by atoms with E-state index in [0.29, 0.717) is 6.42 Å². The van der Waals surface area contributed by atoms with Crippen LogP contribution in [0.25, 0.3) is 0 Å². The second kappa shape index (κ2) is 4.21. The molecule has 0 radical (unpaired) electrons. The standard InChI is InChI=1S/C10H16N2O/c1-4-5-6-10(13)12-7-8(2)9(3)11-12/h7H,4-6H2,1-3H3. The molecule has 3 heteroatoms. The fourth-order valence-corrected chi connectivity index (χ4v) is 1.12. The second-order valence-electron chi connectivity index (χ2n) is 3.34. The van der Waals surface area contributed by atoms with E-state index >= 15 is 0 Å². The summed E-state index contributed by atoms with van der Waals surface area (Å²) in [6, 6.07) is 0. The van der Waals surface area contributed by atoms with Crippen molar-refractivity contribution in [2.24, 2.45) is 0 Å². The third-order valence-corrected chi connectivity index (χ3v) is 2.14. The summed E-state index contributed by atoms with van der Waals surface area (Å²) in [5.74, 6) is 0.0954. The fraction of sp³-hybridized carbons (Fsp3) is 0.600. The summed E-state index contributed by atoms with van der Waals surface area (Å²) in [6.45, 7) is 5.96. The van der Waals surface area contributed by atoms with Gasteiger partial charge in [0.05, 0.1) is 5.69 Å². The summed E-state index contributed by atoms with van der Waals surface area (Å²) in [6.07, 6.45) is 4.38. The number of nitrogens with zero attached hydrogens (tertiary/aromatic N) is 2. The first-order chi connectivity index (χ1) is 6.15. The minimum absolute atomic E-state index is 0.0954. The van der Waals surface area contributed by atoms with Gasteiger partial charge in [0.25, 0.3) is 0 Å². The highest BCUT2D eigenvalue weighted by atomic mass is 16.2. The van der Waals surface area contributed by atoms with E-state index in [1.54, 1.807) is 6.20 Å². The van der Waals surface area contributed by atoms with Crippen LogP contribution in [0.4, 0.5) is 0 Å². The summed E-state index contributed by atoms with van der Waals surface area (Å²) in [7, 11) is 0. The van der Waals surface area contributed by atoms with Crippen LogP contribution >= 0.6 is 0 Å². The summed E-state index contributed by atoms with van der Waals surface area (Å²) in [5, 5.41) is 4.13. The van der Waals surface area contributed by atoms with Crippen molar-refractivity contribution in [1.82, 2.24) is 9.78 Å². The summed E-state index contributed by atoms with van der Waals surface area (Å²) in [4.78, 5) is 11.5. The summed E-state index contributed by atoms with van der Waals surface area (Å²) in [5.41, 5.74) is 2.01. The SMILES string of the molecule is CCCCC(=O)n1cc(C)c(C)n1. The van der Waals surface area contributed by atoms with Crippen molar-refractivity contribution >= 4 is 5.91 Å². The molecule has 13 heavy (non-hydrogen) atoms. The first-order valence-corrected chi connectivity index (χ1v) is 4.71. The van der Waals surface area contributed by atoms with Gasteiger partial charge < -0.3 is 0 Å². The number of carbonyl (C=O) groups excluding carboxylic acids is 1. The van der Waals surface area contributed by atoms with Crippen molar-refractivity contribution in [2.75, 3.05) is 0 Å². The van der Waals surface area contributed by atoms with E-state index in [1.165, 1.54) is 4.68 Å². The van der Waals surface area contributed by atoms with Gasteiger partial charge in [-0.25, -0.2) is 4.68 Å². The highest BCUT2D eigenvalue weighted by Crippen LogP contribution is 2.05. The smallest absolute Gasteiger partial charge is 0.246 e. The molecular weight excluding hydrogens is 164 g/mol. The van der Waals surface area contributed by atoms with Crippen LogP contribution in [-0.2, 0) is 0 Å². The van der Waals surface area contributed by atoms with E-state index in [1.807, 2.05) is 13.8 Å². The van der Waals surface area contributed by atoms with Crippen molar-refractivity contribution in [3.05, 3.63) is 17.5 Å². The molecule has 0 aromatic carbocycles. The molecule has 72 valence electrons. The van der Waals surface area contributed by atoms with Crippen molar-refractivity contribution in [3.63, 3.8) is 0 Å². The van der Waals surface area contributed by atoms with Crippen molar-refractivity contribution in [3.8, 4) is 0 Å². The molecule has 1 rings (SSSR count). The number of unbranched alkanes of at least 4 members (excludes halogenated alkanes) is 1. The van der Waals surface area contributed by atoms with Gasteiger partial charge in [-0.15, -0.1) is 0 Å². The topological polar surface area (TPSA) is 34.9 Å². The molecule has 1 heterocycles. The molecule has 0 aliphatic carbocycles. The lowest BCUT2D eigenvalue weighted by Gasteiger charge is -1.97. The molecule has 0 N–H and O–H groups in total. The lowest BCUT2D eigenvalue weighted by molar-refractivity contribution is 0.0883. The Morgan fingerprint density at radius 2 is 2.23 bits per heavy atom. The van der Waals surface area contributed by atoms with Gasteiger partial charge in [0, 0.05) is 12.6 Å². The third kappa shape index (κ3) is 2.41. The molecule has 1 aromatic rings. The summed E-state index contributed by atoms with van der Waals surface area (Å²) < 4.78 is 1.46. The Labute approximate surface area is 78.8 Å². The van der Waals surface area contributed by atoms with Gasteiger partial charge in [0.15, 0.2) is 0 Å². The maximum absolute atomic E-state index is 11.5. The van der Waals surface area contributed by atoms with Gasteiger partial charge in [-0.1, -0.05) is 13.3 Å². The van der Waals surface area contributed by atoms with Crippen LogP contribution in [0.3, 0.4) is 0 Å². The van der Waals surface area contributed by atoms with E-state index in [4.69, 9.17) is 0 Å². The van der Waals surface area contributed by atoms with Gasteiger partial charge >= 0.3 is 0 Å².